The summed E-state index contributed by atoms with van der Waals surface area (Å²) < 4.78 is 10.6. The molecule has 3 nitrogen and oxygen atoms in total. The first kappa shape index (κ1) is 9.67. The maximum Gasteiger partial charge on any atom is 0.328 e. The molecule has 0 amide bonds. The fourth-order valence-corrected chi connectivity index (χ4v) is 1.37. The Bertz CT molecular complexity index is 346. The number of hydrogen-bond acceptors (Lipinski definition) is 2. The summed E-state index contributed by atoms with van der Waals surface area (Å²) in [6, 6.07) is 0. The van der Waals surface area contributed by atoms with Crippen molar-refractivity contribution in [1.82, 2.24) is 0 Å². The van der Waals surface area contributed by atoms with Gasteiger partial charge in [0.05, 0.1) is 16.1 Å². The molecule has 0 aromatic heterocycles. The smallest absolute Gasteiger partial charge is 0.328 e. The van der Waals surface area contributed by atoms with Crippen LogP contribution in [0.4, 0.5) is 0 Å². The van der Waals surface area contributed by atoms with E-state index < -0.39 is 5.97 Å². The Balaban J connectivity index is 2.81. The molecular weight excluding hydrogens is 188 g/mol. The molecule has 0 saturated heterocycles. The molecule has 1 atom stereocenters. The molecule has 0 aromatic rings. The predicted octanol–water partition coefficient (Wildman–Crippen LogP) is 0.755. The van der Waals surface area contributed by atoms with Crippen LogP contribution in [0.3, 0.4) is 0 Å². The van der Waals surface area contributed by atoms with E-state index >= 15 is 0 Å². The number of allylic oxidation sites excluding steroid dienone is 5. The van der Waals surface area contributed by atoms with Crippen LogP contribution < -0.4 is 0 Å². The van der Waals surface area contributed by atoms with Gasteiger partial charge in [-0.3, -0.25) is 0 Å². The van der Waals surface area contributed by atoms with Gasteiger partial charge in [-0.05, 0) is 6.08 Å². The van der Waals surface area contributed by atoms with Gasteiger partial charge in [-0.25, -0.2) is 9.00 Å². The first-order valence-corrected chi connectivity index (χ1v) is 4.41. The fraction of sp³-hybridized carbons (Fsp3) is 0.111. The number of carboxylic acid groups (broad SMARTS) is 1. The van der Waals surface area contributed by atoms with Crippen molar-refractivity contribution in [3.8, 4) is 0 Å². The summed E-state index contributed by atoms with van der Waals surface area (Å²) in [6.07, 6.45) is 9.54. The summed E-state index contributed by atoms with van der Waals surface area (Å²) in [5.74, 6) is -1.19. The van der Waals surface area contributed by atoms with Crippen molar-refractivity contribution in [2.45, 2.75) is 0 Å². The van der Waals surface area contributed by atoms with Crippen LogP contribution in [-0.4, -0.2) is 20.1 Å². The van der Waals surface area contributed by atoms with E-state index in [1.807, 2.05) is 0 Å². The van der Waals surface area contributed by atoms with E-state index in [-0.39, 0.29) is 5.92 Å². The van der Waals surface area contributed by atoms with Crippen LogP contribution >= 0.6 is 0 Å². The lowest BCUT2D eigenvalue weighted by Gasteiger charge is -2.07. The van der Waals surface area contributed by atoms with Crippen molar-refractivity contribution in [3.63, 3.8) is 0 Å². The zero-order valence-electron chi connectivity index (χ0n) is 6.71. The van der Waals surface area contributed by atoms with E-state index in [0.29, 0.717) is 16.1 Å². The molecule has 0 radical (unpaired) electrons. The molecule has 0 heterocycles. The Morgan fingerprint density at radius 1 is 1.54 bits per heavy atom. The van der Waals surface area contributed by atoms with Gasteiger partial charge >= 0.3 is 5.97 Å². The molecule has 1 unspecified atom stereocenters. The highest BCUT2D eigenvalue weighted by molar-refractivity contribution is 7.67. The maximum absolute atomic E-state index is 10.6. The van der Waals surface area contributed by atoms with Gasteiger partial charge in [-0.2, -0.15) is 0 Å². The zero-order valence-corrected chi connectivity index (χ0v) is 7.53. The highest BCUT2D eigenvalue weighted by Gasteiger charge is 2.08. The normalized spacial score (nSPS) is 20.9. The minimum absolute atomic E-state index is 0.191. The standard InChI is InChI=1S/C9H8O3S/c10-9(11)6-5-7-3-1-2-4-8(7)13-12/h1-7H,(H,10,11). The van der Waals surface area contributed by atoms with Gasteiger partial charge in [0.2, 0.25) is 0 Å². The Labute approximate surface area is 79.1 Å². The summed E-state index contributed by atoms with van der Waals surface area (Å²) >= 11 is 0.390. The molecule has 4 heteroatoms. The molecule has 1 aliphatic rings. The second-order valence-corrected chi connectivity index (χ2v) is 3.09. The lowest BCUT2D eigenvalue weighted by Crippen LogP contribution is -2.09. The van der Waals surface area contributed by atoms with Gasteiger partial charge in [0.15, 0.2) is 0 Å². The van der Waals surface area contributed by atoms with E-state index in [9.17, 15) is 9.00 Å². The quantitative estimate of drug-likeness (QED) is 0.524. The highest BCUT2D eigenvalue weighted by Crippen LogP contribution is 2.09. The second kappa shape index (κ2) is 4.57. The van der Waals surface area contributed by atoms with Gasteiger partial charge in [-0.15, -0.1) is 0 Å². The van der Waals surface area contributed by atoms with Gasteiger partial charge in [0, 0.05) is 12.0 Å². The summed E-state index contributed by atoms with van der Waals surface area (Å²) in [7, 11) is 0. The van der Waals surface area contributed by atoms with Crippen molar-refractivity contribution < 1.29 is 14.1 Å². The first-order valence-electron chi connectivity index (χ1n) is 3.66. The molecule has 68 valence electrons. The molecule has 1 aliphatic carbocycles. The van der Waals surface area contributed by atoms with Crippen LogP contribution in [-0.2, 0) is 16.1 Å². The Hall–Kier alpha value is -1.42. The fourth-order valence-electron chi connectivity index (χ4n) is 0.969. The lowest BCUT2D eigenvalue weighted by molar-refractivity contribution is -0.131. The van der Waals surface area contributed by atoms with Crippen molar-refractivity contribution >= 4 is 22.1 Å². The average Bonchev–Trinajstić information content (AvgIpc) is 2.15. The van der Waals surface area contributed by atoms with E-state index in [2.05, 4.69) is 0 Å². The average molecular weight is 196 g/mol. The number of carbonyl (C=O) groups is 1. The van der Waals surface area contributed by atoms with Gasteiger partial charge in [-0.1, -0.05) is 24.3 Å². The monoisotopic (exact) mass is 196 g/mol. The third-order valence-electron chi connectivity index (χ3n) is 1.56. The van der Waals surface area contributed by atoms with Crippen molar-refractivity contribution in [1.29, 1.82) is 0 Å². The van der Waals surface area contributed by atoms with Gasteiger partial charge < -0.3 is 5.11 Å². The Morgan fingerprint density at radius 3 is 2.92 bits per heavy atom. The largest absolute Gasteiger partial charge is 0.478 e. The topological polar surface area (TPSA) is 54.4 Å². The van der Waals surface area contributed by atoms with Crippen LogP contribution in [0.25, 0.3) is 0 Å². The number of rotatable bonds is 2. The first-order chi connectivity index (χ1) is 6.24. The minimum atomic E-state index is -1.00. The number of aliphatic carboxylic acids is 1. The summed E-state index contributed by atoms with van der Waals surface area (Å²) in [5, 5.41) is 8.38. The van der Waals surface area contributed by atoms with Crippen LogP contribution in [0, 0.1) is 5.92 Å². The summed E-state index contributed by atoms with van der Waals surface area (Å²) in [4.78, 5) is 10.8. The van der Waals surface area contributed by atoms with Gasteiger partial charge in [0.1, 0.15) is 0 Å². The van der Waals surface area contributed by atoms with Crippen LogP contribution in [0.2, 0.25) is 0 Å². The third-order valence-corrected chi connectivity index (χ3v) is 2.16. The molecule has 0 aromatic carbocycles. The molecule has 0 aliphatic heterocycles. The second-order valence-electron chi connectivity index (χ2n) is 2.45. The van der Waals surface area contributed by atoms with Crippen molar-refractivity contribution in [3.05, 3.63) is 36.5 Å². The molecule has 13 heavy (non-hydrogen) atoms. The number of hydrogen-bond donors (Lipinski definition) is 1. The maximum atomic E-state index is 10.6. The zero-order chi connectivity index (χ0) is 9.68. The van der Waals surface area contributed by atoms with Crippen molar-refractivity contribution in [2.75, 3.05) is 0 Å². The minimum Gasteiger partial charge on any atom is -0.478 e. The third kappa shape index (κ3) is 2.83. The van der Waals surface area contributed by atoms with E-state index in [4.69, 9.17) is 5.11 Å². The Kier molecular flexibility index (Phi) is 3.40. The van der Waals surface area contributed by atoms with Crippen molar-refractivity contribution in [2.24, 2.45) is 5.92 Å². The molecule has 0 saturated carbocycles. The highest BCUT2D eigenvalue weighted by atomic mass is 32.1. The summed E-state index contributed by atoms with van der Waals surface area (Å²) in [6.45, 7) is 0. The van der Waals surface area contributed by atoms with Crippen LogP contribution in [0.5, 0.6) is 0 Å². The van der Waals surface area contributed by atoms with E-state index in [1.165, 1.54) is 6.08 Å². The van der Waals surface area contributed by atoms with E-state index in [1.54, 1.807) is 24.3 Å². The molecule has 1 N–H and O–H groups in total. The molecule has 0 bridgehead atoms. The Morgan fingerprint density at radius 2 is 2.31 bits per heavy atom. The molecule has 0 fully saturated rings. The SMILES string of the molecule is O=S=C1C=CC=CC1C=CC(=O)O. The predicted molar refractivity (Wildman–Crippen MR) is 51.7 cm³/mol. The number of carboxylic acids is 1. The van der Waals surface area contributed by atoms with Crippen LogP contribution in [0.1, 0.15) is 0 Å². The van der Waals surface area contributed by atoms with E-state index in [0.717, 1.165) is 6.08 Å². The molecule has 0 spiro atoms. The lowest BCUT2D eigenvalue weighted by atomic mass is 10.0. The van der Waals surface area contributed by atoms with Gasteiger partial charge in [0.25, 0.3) is 0 Å². The molecule has 1 rings (SSSR count). The van der Waals surface area contributed by atoms with Crippen LogP contribution in [0.15, 0.2) is 36.5 Å². The molecular formula is C9H8O3S. The summed E-state index contributed by atoms with van der Waals surface area (Å²) in [5.41, 5.74) is 0.